The van der Waals surface area contributed by atoms with Crippen LogP contribution in [0.5, 0.6) is 0 Å². The summed E-state index contributed by atoms with van der Waals surface area (Å²) in [4.78, 5) is 32.3. The summed E-state index contributed by atoms with van der Waals surface area (Å²) in [7, 11) is 0. The van der Waals surface area contributed by atoms with Gasteiger partial charge in [0.15, 0.2) is 5.12 Å². The van der Waals surface area contributed by atoms with Crippen molar-refractivity contribution in [3.8, 4) is 0 Å². The monoisotopic (exact) mass is 234 g/mol. The summed E-state index contributed by atoms with van der Waals surface area (Å²) in [5.41, 5.74) is 0. The molecule has 5 nitrogen and oxygen atoms in total. The maximum Gasteiger partial charge on any atom is 0.307 e. The Balaban J connectivity index is 4.74. The largest absolute Gasteiger partial charge is 0.481 e. The van der Waals surface area contributed by atoms with Crippen molar-refractivity contribution in [1.82, 2.24) is 0 Å². The molecular weight excluding hydrogens is 220 g/mol. The third-order valence-corrected chi connectivity index (χ3v) is 2.30. The summed E-state index contributed by atoms with van der Waals surface area (Å²) < 4.78 is 0. The van der Waals surface area contributed by atoms with E-state index in [4.69, 9.17) is 10.2 Å². The number of carboxylic acid groups (broad SMARTS) is 2. The van der Waals surface area contributed by atoms with Crippen LogP contribution in [0.15, 0.2) is 0 Å². The van der Waals surface area contributed by atoms with E-state index in [1.807, 2.05) is 0 Å². The Morgan fingerprint density at radius 1 is 1.13 bits per heavy atom. The van der Waals surface area contributed by atoms with E-state index >= 15 is 0 Å². The normalized spacial score (nSPS) is 14.3. The molecule has 0 spiro atoms. The zero-order chi connectivity index (χ0) is 12.0. The van der Waals surface area contributed by atoms with E-state index in [-0.39, 0.29) is 12.8 Å². The van der Waals surface area contributed by atoms with Crippen LogP contribution in [-0.2, 0) is 14.4 Å². The molecule has 0 bridgehead atoms. The Labute approximate surface area is 92.9 Å². The molecule has 0 fully saturated rings. The first-order chi connectivity index (χ1) is 6.90. The average molecular weight is 234 g/mol. The quantitative estimate of drug-likeness (QED) is 0.572. The average Bonchev–Trinajstić information content (AvgIpc) is 2.09. The van der Waals surface area contributed by atoms with Crippen LogP contribution in [0.3, 0.4) is 0 Å². The fourth-order valence-corrected chi connectivity index (χ4v) is 1.59. The number of aliphatic carboxylic acids is 2. The van der Waals surface area contributed by atoms with Gasteiger partial charge >= 0.3 is 11.9 Å². The van der Waals surface area contributed by atoms with Gasteiger partial charge in [-0.05, 0) is 6.42 Å². The first kappa shape index (κ1) is 14.0. The van der Waals surface area contributed by atoms with E-state index in [2.05, 4.69) is 12.6 Å². The minimum Gasteiger partial charge on any atom is -0.481 e. The number of rotatable bonds is 7. The van der Waals surface area contributed by atoms with Crippen LogP contribution >= 0.6 is 12.6 Å². The smallest absolute Gasteiger partial charge is 0.307 e. The van der Waals surface area contributed by atoms with Crippen LogP contribution in [-0.4, -0.2) is 27.3 Å². The van der Waals surface area contributed by atoms with Gasteiger partial charge in [-0.1, -0.05) is 13.3 Å². The van der Waals surface area contributed by atoms with Crippen LogP contribution in [0.4, 0.5) is 0 Å². The van der Waals surface area contributed by atoms with E-state index in [1.54, 1.807) is 6.92 Å². The summed E-state index contributed by atoms with van der Waals surface area (Å²) in [6.07, 6.45) is 0.449. The second-order valence-corrected chi connectivity index (χ2v) is 3.77. The van der Waals surface area contributed by atoms with Gasteiger partial charge in [-0.2, -0.15) is 0 Å². The molecule has 0 saturated carbocycles. The van der Waals surface area contributed by atoms with Crippen LogP contribution in [0, 0.1) is 11.8 Å². The molecule has 2 N–H and O–H groups in total. The zero-order valence-electron chi connectivity index (χ0n) is 8.34. The van der Waals surface area contributed by atoms with Crippen LogP contribution in [0.25, 0.3) is 0 Å². The molecule has 0 saturated heterocycles. The molecule has 6 heteroatoms. The fraction of sp³-hybridized carbons (Fsp3) is 0.667. The number of carboxylic acids is 2. The predicted molar refractivity (Wildman–Crippen MR) is 55.8 cm³/mol. The Bertz CT molecular complexity index is 263. The third kappa shape index (κ3) is 4.83. The molecule has 0 heterocycles. The Kier molecular flexibility index (Phi) is 6.00. The van der Waals surface area contributed by atoms with E-state index in [1.165, 1.54) is 0 Å². The SMILES string of the molecule is CCCC(C(=O)O)C(CC(=O)S)C(=O)O. The Hall–Kier alpha value is -1.04. The van der Waals surface area contributed by atoms with Gasteiger partial charge in [0.2, 0.25) is 0 Å². The van der Waals surface area contributed by atoms with Crippen molar-refractivity contribution in [3.05, 3.63) is 0 Å². The van der Waals surface area contributed by atoms with E-state index in [9.17, 15) is 14.4 Å². The molecule has 0 radical (unpaired) electrons. The van der Waals surface area contributed by atoms with Crippen LogP contribution in [0.1, 0.15) is 26.2 Å². The number of carbonyl (C=O) groups is 3. The van der Waals surface area contributed by atoms with Gasteiger partial charge < -0.3 is 10.2 Å². The predicted octanol–water partition coefficient (Wildman–Crippen LogP) is 1.03. The molecular formula is C9H14O5S. The lowest BCUT2D eigenvalue weighted by Crippen LogP contribution is -2.31. The maximum absolute atomic E-state index is 10.8. The molecule has 0 aliphatic heterocycles. The van der Waals surface area contributed by atoms with Gasteiger partial charge in [-0.15, -0.1) is 12.6 Å². The van der Waals surface area contributed by atoms with Crippen LogP contribution < -0.4 is 0 Å². The molecule has 0 aromatic heterocycles. The third-order valence-electron chi connectivity index (χ3n) is 2.11. The lowest BCUT2D eigenvalue weighted by atomic mass is 9.86. The number of hydrogen-bond acceptors (Lipinski definition) is 3. The Morgan fingerprint density at radius 2 is 1.60 bits per heavy atom. The maximum atomic E-state index is 10.8. The van der Waals surface area contributed by atoms with E-state index < -0.39 is 28.9 Å². The molecule has 0 aromatic carbocycles. The van der Waals surface area contributed by atoms with E-state index in [0.717, 1.165) is 0 Å². The molecule has 2 unspecified atom stereocenters. The molecule has 0 aliphatic carbocycles. The summed E-state index contributed by atoms with van der Waals surface area (Å²) >= 11 is 3.47. The highest BCUT2D eigenvalue weighted by Crippen LogP contribution is 2.22. The zero-order valence-corrected chi connectivity index (χ0v) is 9.24. The van der Waals surface area contributed by atoms with Crippen molar-refractivity contribution in [3.63, 3.8) is 0 Å². The molecule has 0 rings (SSSR count). The first-order valence-electron chi connectivity index (χ1n) is 4.57. The fourth-order valence-electron chi connectivity index (χ4n) is 1.40. The molecule has 0 aliphatic rings. The van der Waals surface area contributed by atoms with Gasteiger partial charge in [-0.25, -0.2) is 0 Å². The van der Waals surface area contributed by atoms with Crippen molar-refractivity contribution < 1.29 is 24.6 Å². The van der Waals surface area contributed by atoms with Gasteiger partial charge in [0.25, 0.3) is 0 Å². The highest BCUT2D eigenvalue weighted by Gasteiger charge is 2.33. The summed E-state index contributed by atoms with van der Waals surface area (Å²) in [5, 5.41) is 17.0. The van der Waals surface area contributed by atoms with Gasteiger partial charge in [0.1, 0.15) is 0 Å². The van der Waals surface area contributed by atoms with Crippen molar-refractivity contribution in [2.24, 2.45) is 11.8 Å². The van der Waals surface area contributed by atoms with Gasteiger partial charge in [-0.3, -0.25) is 14.4 Å². The van der Waals surface area contributed by atoms with Gasteiger partial charge in [0, 0.05) is 6.42 Å². The van der Waals surface area contributed by atoms with Crippen molar-refractivity contribution in [2.75, 3.05) is 0 Å². The Morgan fingerprint density at radius 3 is 1.87 bits per heavy atom. The van der Waals surface area contributed by atoms with Crippen molar-refractivity contribution >= 4 is 29.7 Å². The molecule has 2 atom stereocenters. The number of carbonyl (C=O) groups excluding carboxylic acids is 1. The molecule has 0 aromatic rings. The second-order valence-electron chi connectivity index (χ2n) is 3.28. The minimum absolute atomic E-state index is 0.243. The molecule has 15 heavy (non-hydrogen) atoms. The topological polar surface area (TPSA) is 91.7 Å². The lowest BCUT2D eigenvalue weighted by molar-refractivity contribution is -0.154. The van der Waals surface area contributed by atoms with E-state index in [0.29, 0.717) is 6.42 Å². The van der Waals surface area contributed by atoms with Crippen LogP contribution in [0.2, 0.25) is 0 Å². The lowest BCUT2D eigenvalue weighted by Gasteiger charge is -2.18. The second kappa shape index (κ2) is 6.44. The summed E-state index contributed by atoms with van der Waals surface area (Å²) in [6, 6.07) is 0. The molecule has 86 valence electrons. The number of hydrogen-bond donors (Lipinski definition) is 3. The summed E-state index contributed by atoms with van der Waals surface area (Å²) in [5.74, 6) is -4.66. The minimum atomic E-state index is -1.27. The standard InChI is InChI=1S/C9H14O5S/c1-2-3-5(8(11)12)6(9(13)14)4-7(10)15/h5-6H,2-4H2,1H3,(H,10,15)(H,11,12)(H,13,14). The highest BCUT2D eigenvalue weighted by molar-refractivity contribution is 7.96. The van der Waals surface area contributed by atoms with Crippen molar-refractivity contribution in [1.29, 1.82) is 0 Å². The first-order valence-corrected chi connectivity index (χ1v) is 5.02. The molecule has 0 amide bonds. The number of thiol groups is 1. The highest BCUT2D eigenvalue weighted by atomic mass is 32.1. The summed E-state index contributed by atoms with van der Waals surface area (Å²) in [6.45, 7) is 1.76. The van der Waals surface area contributed by atoms with Crippen molar-refractivity contribution in [2.45, 2.75) is 26.2 Å². The van der Waals surface area contributed by atoms with Gasteiger partial charge in [0.05, 0.1) is 11.8 Å².